The van der Waals surface area contributed by atoms with Crippen LogP contribution in [0.4, 0.5) is 20.2 Å². The number of rotatable bonds is 11. The number of hydrogen-bond acceptors (Lipinski definition) is 6. The van der Waals surface area contributed by atoms with Crippen molar-refractivity contribution in [3.8, 4) is 0 Å². The van der Waals surface area contributed by atoms with Crippen molar-refractivity contribution >= 4 is 45.8 Å². The molecule has 272 valence electrons. The summed E-state index contributed by atoms with van der Waals surface area (Å²) in [5.41, 5.74) is 11.5. The van der Waals surface area contributed by atoms with E-state index in [9.17, 15) is 28.0 Å². The highest BCUT2D eigenvalue weighted by Gasteiger charge is 2.49. The molecule has 0 radical (unpaired) electrons. The Morgan fingerprint density at radius 2 is 1.33 bits per heavy atom. The summed E-state index contributed by atoms with van der Waals surface area (Å²) in [4.78, 5) is 48.7. The van der Waals surface area contributed by atoms with E-state index in [0.717, 1.165) is 92.0 Å². The summed E-state index contributed by atoms with van der Waals surface area (Å²) >= 11 is 0. The molecule has 4 aliphatic carbocycles. The normalized spacial score (nSPS) is 21.7. The quantitative estimate of drug-likeness (QED) is 0.137. The van der Waals surface area contributed by atoms with Gasteiger partial charge < -0.3 is 15.8 Å². The van der Waals surface area contributed by atoms with Crippen LogP contribution in [-0.2, 0) is 36.8 Å². The number of carbonyl (C=O) groups excluding carboxylic acids is 4. The molecule has 0 spiro atoms. The summed E-state index contributed by atoms with van der Waals surface area (Å²) in [7, 11) is 0. The number of halogens is 2. The van der Waals surface area contributed by atoms with Crippen molar-refractivity contribution in [3.05, 3.63) is 81.6 Å². The van der Waals surface area contributed by atoms with Crippen LogP contribution in [0.5, 0.6) is 0 Å². The highest BCUT2D eigenvalue weighted by molar-refractivity contribution is 6.26. The zero-order chi connectivity index (χ0) is 37.2. The first-order valence-electron chi connectivity index (χ1n) is 18.3. The molecule has 0 aromatic heterocycles. The van der Waals surface area contributed by atoms with Gasteiger partial charge in [0.1, 0.15) is 17.4 Å². The molecule has 2 unspecified atom stereocenters. The number of nitrogen functional groups attached to an aromatic ring is 1. The maximum atomic E-state index is 14.7. The topological polar surface area (TPSA) is 116 Å². The number of ether oxygens (including phenoxy) is 1. The molecule has 0 saturated heterocycles. The van der Waals surface area contributed by atoms with Crippen LogP contribution in [0.15, 0.2) is 47.7 Å². The molecule has 51 heavy (non-hydrogen) atoms. The number of fused-ring (bicyclic) bond motifs is 6. The molecule has 2 aromatic carbocycles. The summed E-state index contributed by atoms with van der Waals surface area (Å²) in [5.74, 6) is -1.22. The molecule has 3 N–H and O–H groups in total. The largest absolute Gasteiger partial charge is 0.494 e. The predicted octanol–water partition coefficient (Wildman–Crippen LogP) is 9.03. The highest BCUT2D eigenvalue weighted by atomic mass is 19.1. The number of unbranched alkanes of at least 4 members (excludes halogenated alkanes) is 2. The lowest BCUT2D eigenvalue weighted by Crippen LogP contribution is -2.30. The number of hydrogen-bond donors (Lipinski definition) is 2. The molecular weight excluding hydrogens is 650 g/mol. The molecule has 1 amide bonds. The standard InChI is InChI=1S/C23H28FNO3.C19H22FNO2/c1-5-7-9-23-10-8-20(27)21(14(3)28-6-2)22(23)17-12-18(24)19(25-15(4)26)11-16(17)13-23;1-3-4-6-19-7-5-16(23)17(11(2)22)18(19)13-9-14(20)15(21)8-12(13)10-19/h11-12H,3,5-10,13H2,1-2,4H3,(H,25,26);8-9H,3-7,10,21H2,1-2H3. The van der Waals surface area contributed by atoms with Crippen molar-refractivity contribution in [2.45, 2.75) is 112 Å². The molecule has 0 heterocycles. The fourth-order valence-corrected chi connectivity index (χ4v) is 8.86. The molecule has 2 aromatic rings. The summed E-state index contributed by atoms with van der Waals surface area (Å²) < 4.78 is 34.4. The Labute approximate surface area is 299 Å². The number of benzene rings is 2. The van der Waals surface area contributed by atoms with Gasteiger partial charge in [0.15, 0.2) is 17.3 Å². The van der Waals surface area contributed by atoms with Crippen LogP contribution in [0, 0.1) is 22.5 Å². The SMILES string of the molecule is C=C(OCC)C1=C2c3cc(F)c(NC(C)=O)cc3CC2(CCCC)CCC1=O.CCCCC12CCC(=O)C(C(C)=O)=C1c1cc(F)c(N)cc1C2. The van der Waals surface area contributed by atoms with Crippen LogP contribution in [0.25, 0.3) is 11.1 Å². The van der Waals surface area contributed by atoms with E-state index in [1.165, 1.54) is 26.0 Å². The van der Waals surface area contributed by atoms with Crippen LogP contribution >= 0.6 is 0 Å². The van der Waals surface area contributed by atoms with Gasteiger partial charge in [0.25, 0.3) is 0 Å². The average molecular weight is 701 g/mol. The maximum Gasteiger partial charge on any atom is 0.221 e. The Morgan fingerprint density at radius 3 is 1.84 bits per heavy atom. The van der Waals surface area contributed by atoms with Crippen molar-refractivity contribution in [2.24, 2.45) is 10.8 Å². The van der Waals surface area contributed by atoms with Crippen LogP contribution in [0.2, 0.25) is 0 Å². The molecule has 9 heteroatoms. The van der Waals surface area contributed by atoms with Gasteiger partial charge in [-0.25, -0.2) is 8.78 Å². The molecule has 6 rings (SSSR count). The number of anilines is 2. The van der Waals surface area contributed by atoms with E-state index in [2.05, 4.69) is 25.7 Å². The van der Waals surface area contributed by atoms with E-state index in [-0.39, 0.29) is 51.0 Å². The lowest BCUT2D eigenvalue weighted by atomic mass is 9.66. The fourth-order valence-electron chi connectivity index (χ4n) is 8.86. The fraction of sp³-hybridized carbons (Fsp3) is 0.476. The summed E-state index contributed by atoms with van der Waals surface area (Å²) in [5, 5.41) is 2.56. The van der Waals surface area contributed by atoms with Crippen LogP contribution in [0.3, 0.4) is 0 Å². The number of ketones is 3. The zero-order valence-corrected chi connectivity index (χ0v) is 30.6. The van der Waals surface area contributed by atoms with E-state index >= 15 is 0 Å². The van der Waals surface area contributed by atoms with Gasteiger partial charge in [-0.2, -0.15) is 0 Å². The van der Waals surface area contributed by atoms with Crippen molar-refractivity contribution in [3.63, 3.8) is 0 Å². The number of amides is 1. The molecule has 7 nitrogen and oxygen atoms in total. The second-order valence-corrected chi connectivity index (χ2v) is 14.6. The second kappa shape index (κ2) is 15.1. The first-order valence-corrected chi connectivity index (χ1v) is 18.3. The van der Waals surface area contributed by atoms with Crippen LogP contribution < -0.4 is 11.1 Å². The zero-order valence-electron chi connectivity index (χ0n) is 30.6. The molecule has 4 aliphatic rings. The van der Waals surface area contributed by atoms with Gasteiger partial charge in [-0.05, 0) is 110 Å². The number of Topliss-reactive ketones (excluding diaryl/α,β-unsaturated/α-hetero) is 3. The molecule has 0 aliphatic heterocycles. The minimum Gasteiger partial charge on any atom is -0.494 e. The Kier molecular flexibility index (Phi) is 11.2. The minimum atomic E-state index is -0.493. The third kappa shape index (κ3) is 7.09. The Bertz CT molecular complexity index is 1870. The first kappa shape index (κ1) is 37.8. The number of carbonyl (C=O) groups is 4. The maximum absolute atomic E-state index is 14.7. The Balaban J connectivity index is 0.000000201. The minimum absolute atomic E-state index is 0.0137. The summed E-state index contributed by atoms with van der Waals surface area (Å²) in [6.07, 6.45) is 9.79. The van der Waals surface area contributed by atoms with E-state index in [1.54, 1.807) is 12.1 Å². The Morgan fingerprint density at radius 1 is 0.824 bits per heavy atom. The van der Waals surface area contributed by atoms with Gasteiger partial charge in [-0.15, -0.1) is 0 Å². The molecule has 2 atom stereocenters. The molecule has 0 bridgehead atoms. The van der Waals surface area contributed by atoms with E-state index in [4.69, 9.17) is 10.5 Å². The van der Waals surface area contributed by atoms with E-state index in [1.807, 2.05) is 6.92 Å². The predicted molar refractivity (Wildman–Crippen MR) is 197 cm³/mol. The van der Waals surface area contributed by atoms with Gasteiger partial charge in [0.2, 0.25) is 5.91 Å². The lowest BCUT2D eigenvalue weighted by Gasteiger charge is -2.36. The van der Waals surface area contributed by atoms with Gasteiger partial charge in [-0.3, -0.25) is 19.2 Å². The number of nitrogens with one attached hydrogen (secondary N) is 1. The van der Waals surface area contributed by atoms with Crippen molar-refractivity contribution in [1.29, 1.82) is 0 Å². The van der Waals surface area contributed by atoms with Gasteiger partial charge >= 0.3 is 0 Å². The molecule has 0 saturated carbocycles. The van der Waals surface area contributed by atoms with Crippen LogP contribution in [-0.4, -0.2) is 29.9 Å². The van der Waals surface area contributed by atoms with Gasteiger partial charge in [0.05, 0.1) is 29.1 Å². The van der Waals surface area contributed by atoms with Crippen molar-refractivity contribution < 1.29 is 32.7 Å². The third-order valence-corrected chi connectivity index (χ3v) is 11.1. The van der Waals surface area contributed by atoms with E-state index < -0.39 is 11.6 Å². The average Bonchev–Trinajstić information content (AvgIpc) is 3.55. The van der Waals surface area contributed by atoms with Crippen molar-refractivity contribution in [2.75, 3.05) is 17.7 Å². The monoisotopic (exact) mass is 700 g/mol. The second-order valence-electron chi connectivity index (χ2n) is 14.6. The smallest absolute Gasteiger partial charge is 0.221 e. The number of nitrogens with two attached hydrogens (primary N) is 1. The Hall–Kier alpha value is -4.40. The van der Waals surface area contributed by atoms with Gasteiger partial charge in [-0.1, -0.05) is 46.1 Å². The molecule has 0 fully saturated rings. The molecular formula is C42H50F2N2O5. The van der Waals surface area contributed by atoms with Gasteiger partial charge in [0, 0.05) is 30.6 Å². The third-order valence-electron chi connectivity index (χ3n) is 11.1. The van der Waals surface area contributed by atoms with Crippen molar-refractivity contribution in [1.82, 2.24) is 0 Å². The van der Waals surface area contributed by atoms with Crippen LogP contribution in [0.1, 0.15) is 121 Å². The summed E-state index contributed by atoms with van der Waals surface area (Å²) in [6.45, 7) is 13.3. The van der Waals surface area contributed by atoms with E-state index in [0.29, 0.717) is 36.3 Å². The lowest BCUT2D eigenvalue weighted by molar-refractivity contribution is -0.121. The number of allylic oxidation sites excluding steroid dienone is 4. The highest BCUT2D eigenvalue weighted by Crippen LogP contribution is 2.59. The summed E-state index contributed by atoms with van der Waals surface area (Å²) in [6, 6.07) is 6.26. The first-order chi connectivity index (χ1) is 24.2.